The molecule has 2 rings (SSSR count). The Morgan fingerprint density at radius 1 is 1.15 bits per heavy atom. The van der Waals surface area contributed by atoms with E-state index in [4.69, 9.17) is 14.2 Å². The van der Waals surface area contributed by atoms with Crippen LogP contribution in [0.1, 0.15) is 15.9 Å². The number of methoxy groups -OCH3 is 3. The summed E-state index contributed by atoms with van der Waals surface area (Å²) in [7, 11) is 4.40. The van der Waals surface area contributed by atoms with Crippen LogP contribution in [-0.4, -0.2) is 32.2 Å². The van der Waals surface area contributed by atoms with Gasteiger partial charge in [0.2, 0.25) is 0 Å². The minimum absolute atomic E-state index is 0.161. The van der Waals surface area contributed by atoms with E-state index in [2.05, 4.69) is 11.9 Å². The number of nitrogens with zero attached hydrogens (tertiary/aromatic N) is 1. The van der Waals surface area contributed by atoms with Crippen molar-refractivity contribution in [3.8, 4) is 17.2 Å². The number of nitro benzene ring substituents is 1. The zero-order valence-corrected chi connectivity index (χ0v) is 15.3. The molecule has 2 aromatic rings. The Labute approximate surface area is 156 Å². The van der Waals surface area contributed by atoms with E-state index in [1.54, 1.807) is 12.1 Å². The number of hydrogen-bond donors (Lipinski definition) is 1. The van der Waals surface area contributed by atoms with E-state index in [0.717, 1.165) is 5.56 Å². The number of amides is 1. The fourth-order valence-electron chi connectivity index (χ4n) is 2.58. The molecule has 0 aromatic heterocycles. The van der Waals surface area contributed by atoms with E-state index in [1.807, 2.05) is 0 Å². The van der Waals surface area contributed by atoms with Crippen LogP contribution in [0.25, 0.3) is 0 Å². The van der Waals surface area contributed by atoms with E-state index >= 15 is 0 Å². The van der Waals surface area contributed by atoms with Gasteiger partial charge in [0.1, 0.15) is 5.75 Å². The molecule has 0 fully saturated rings. The van der Waals surface area contributed by atoms with Crippen molar-refractivity contribution >= 4 is 17.3 Å². The summed E-state index contributed by atoms with van der Waals surface area (Å²) in [6.45, 7) is 3.70. The molecule has 0 saturated heterocycles. The summed E-state index contributed by atoms with van der Waals surface area (Å²) in [5, 5.41) is 13.6. The van der Waals surface area contributed by atoms with Crippen LogP contribution in [0.4, 0.5) is 11.4 Å². The largest absolute Gasteiger partial charge is 0.495 e. The molecule has 0 saturated carbocycles. The molecule has 1 amide bonds. The van der Waals surface area contributed by atoms with Gasteiger partial charge in [0, 0.05) is 23.3 Å². The van der Waals surface area contributed by atoms with E-state index in [0.29, 0.717) is 29.2 Å². The Kier molecular flexibility index (Phi) is 6.37. The van der Waals surface area contributed by atoms with Crippen LogP contribution in [0.15, 0.2) is 43.0 Å². The molecule has 0 aliphatic carbocycles. The van der Waals surface area contributed by atoms with Crippen LogP contribution in [0.3, 0.4) is 0 Å². The normalized spacial score (nSPS) is 10.0. The lowest BCUT2D eigenvalue weighted by Crippen LogP contribution is -2.14. The Morgan fingerprint density at radius 2 is 1.85 bits per heavy atom. The zero-order chi connectivity index (χ0) is 20.0. The summed E-state index contributed by atoms with van der Waals surface area (Å²) >= 11 is 0. The van der Waals surface area contributed by atoms with Gasteiger partial charge in [-0.1, -0.05) is 6.08 Å². The summed E-state index contributed by atoms with van der Waals surface area (Å²) in [6, 6.07) is 7.15. The molecule has 0 aliphatic rings. The van der Waals surface area contributed by atoms with Gasteiger partial charge in [0.25, 0.3) is 11.6 Å². The minimum atomic E-state index is -0.548. The standard InChI is InChI=1S/C19H20N2O6/c1-5-6-12-9-13(10-17(26-3)18(12)27-4)19(22)20-15-11-14(21(23)24)7-8-16(15)25-2/h5,7-11H,1,6H2,2-4H3,(H,20,22). The first-order valence-corrected chi connectivity index (χ1v) is 7.94. The molecule has 0 atom stereocenters. The lowest BCUT2D eigenvalue weighted by molar-refractivity contribution is -0.384. The van der Waals surface area contributed by atoms with Gasteiger partial charge in [-0.05, 0) is 24.6 Å². The molecule has 8 heteroatoms. The first-order chi connectivity index (χ1) is 12.9. The summed E-state index contributed by atoms with van der Waals surface area (Å²) in [4.78, 5) is 23.2. The predicted octanol–water partition coefficient (Wildman–Crippen LogP) is 3.60. The fraction of sp³-hybridized carbons (Fsp3) is 0.211. The van der Waals surface area contributed by atoms with Gasteiger partial charge in [-0.25, -0.2) is 0 Å². The average Bonchev–Trinajstić information content (AvgIpc) is 2.67. The minimum Gasteiger partial charge on any atom is -0.495 e. The smallest absolute Gasteiger partial charge is 0.271 e. The summed E-state index contributed by atoms with van der Waals surface area (Å²) in [5.74, 6) is 0.746. The molecule has 0 bridgehead atoms. The SMILES string of the molecule is C=CCc1cc(C(=O)Nc2cc([N+](=O)[O-])ccc2OC)cc(OC)c1OC. The van der Waals surface area contributed by atoms with Gasteiger partial charge < -0.3 is 19.5 Å². The lowest BCUT2D eigenvalue weighted by Gasteiger charge is -2.15. The Morgan fingerprint density at radius 3 is 2.41 bits per heavy atom. The van der Waals surface area contributed by atoms with Gasteiger partial charge in [0.05, 0.1) is 31.9 Å². The number of anilines is 1. The van der Waals surface area contributed by atoms with E-state index in [9.17, 15) is 14.9 Å². The van der Waals surface area contributed by atoms with E-state index in [-0.39, 0.29) is 11.4 Å². The van der Waals surface area contributed by atoms with Gasteiger partial charge in [-0.2, -0.15) is 0 Å². The Bertz CT molecular complexity index is 879. The highest BCUT2D eigenvalue weighted by molar-refractivity contribution is 6.05. The van der Waals surface area contributed by atoms with Crippen LogP contribution in [-0.2, 0) is 6.42 Å². The number of benzene rings is 2. The topological polar surface area (TPSA) is 99.9 Å². The molecular formula is C19H20N2O6. The molecule has 0 radical (unpaired) electrons. The second-order valence-electron chi connectivity index (χ2n) is 5.46. The highest BCUT2D eigenvalue weighted by Crippen LogP contribution is 2.34. The second-order valence-corrected chi connectivity index (χ2v) is 5.46. The van der Waals surface area contributed by atoms with Crippen molar-refractivity contribution in [2.45, 2.75) is 6.42 Å². The number of non-ortho nitro benzene ring substituents is 1. The molecule has 0 spiro atoms. The van der Waals surface area contributed by atoms with Crippen molar-refractivity contribution in [3.05, 3.63) is 64.2 Å². The first kappa shape index (κ1) is 19.8. The third-order valence-corrected chi connectivity index (χ3v) is 3.82. The van der Waals surface area contributed by atoms with E-state index < -0.39 is 10.8 Å². The third kappa shape index (κ3) is 4.35. The number of hydrogen-bond acceptors (Lipinski definition) is 6. The van der Waals surface area contributed by atoms with Crippen molar-refractivity contribution in [2.24, 2.45) is 0 Å². The van der Waals surface area contributed by atoms with Crippen molar-refractivity contribution < 1.29 is 23.9 Å². The average molecular weight is 372 g/mol. The highest BCUT2D eigenvalue weighted by atomic mass is 16.6. The molecule has 0 aliphatic heterocycles. The van der Waals surface area contributed by atoms with Gasteiger partial charge in [0.15, 0.2) is 11.5 Å². The molecule has 142 valence electrons. The quantitative estimate of drug-likeness (QED) is 0.432. The van der Waals surface area contributed by atoms with Crippen LogP contribution in [0.2, 0.25) is 0 Å². The highest BCUT2D eigenvalue weighted by Gasteiger charge is 2.18. The molecule has 0 heterocycles. The number of nitrogens with one attached hydrogen (secondary N) is 1. The maximum atomic E-state index is 12.7. The lowest BCUT2D eigenvalue weighted by atomic mass is 10.0. The molecule has 27 heavy (non-hydrogen) atoms. The first-order valence-electron chi connectivity index (χ1n) is 7.94. The second kappa shape index (κ2) is 8.70. The van der Waals surface area contributed by atoms with Gasteiger partial charge in [-0.15, -0.1) is 6.58 Å². The van der Waals surface area contributed by atoms with Crippen LogP contribution < -0.4 is 19.5 Å². The number of nitro groups is 1. The summed E-state index contributed by atoms with van der Waals surface area (Å²) < 4.78 is 15.8. The van der Waals surface area contributed by atoms with Gasteiger partial charge >= 0.3 is 0 Å². The summed E-state index contributed by atoms with van der Waals surface area (Å²) in [6.07, 6.45) is 2.16. The molecule has 8 nitrogen and oxygen atoms in total. The predicted molar refractivity (Wildman–Crippen MR) is 101 cm³/mol. The van der Waals surface area contributed by atoms with Crippen LogP contribution in [0.5, 0.6) is 17.2 Å². The van der Waals surface area contributed by atoms with Crippen LogP contribution >= 0.6 is 0 Å². The molecule has 2 aromatic carbocycles. The maximum Gasteiger partial charge on any atom is 0.271 e. The van der Waals surface area contributed by atoms with Crippen LogP contribution in [0, 0.1) is 10.1 Å². The van der Waals surface area contributed by atoms with Crippen molar-refractivity contribution in [1.29, 1.82) is 0 Å². The molecule has 1 N–H and O–H groups in total. The zero-order valence-electron chi connectivity index (χ0n) is 15.3. The van der Waals surface area contributed by atoms with Crippen molar-refractivity contribution in [3.63, 3.8) is 0 Å². The Balaban J connectivity index is 2.43. The maximum absolute atomic E-state index is 12.7. The third-order valence-electron chi connectivity index (χ3n) is 3.82. The number of allylic oxidation sites excluding steroid dienone is 1. The van der Waals surface area contributed by atoms with Gasteiger partial charge in [-0.3, -0.25) is 14.9 Å². The number of rotatable bonds is 8. The summed E-state index contributed by atoms with van der Waals surface area (Å²) in [5.41, 5.74) is 1.06. The monoisotopic (exact) mass is 372 g/mol. The molecular weight excluding hydrogens is 352 g/mol. The van der Waals surface area contributed by atoms with E-state index in [1.165, 1.54) is 45.6 Å². The number of carbonyl (C=O) groups is 1. The number of carbonyl (C=O) groups excluding carboxylic acids is 1. The fourth-order valence-corrected chi connectivity index (χ4v) is 2.58. The van der Waals surface area contributed by atoms with Crippen molar-refractivity contribution in [2.75, 3.05) is 26.6 Å². The Hall–Kier alpha value is -3.55. The van der Waals surface area contributed by atoms with Crippen molar-refractivity contribution in [1.82, 2.24) is 0 Å². The molecule has 0 unspecified atom stereocenters. The number of ether oxygens (including phenoxy) is 3.